The van der Waals surface area contributed by atoms with Gasteiger partial charge < -0.3 is 14.4 Å². The first-order chi connectivity index (χ1) is 9.47. The summed E-state index contributed by atoms with van der Waals surface area (Å²) in [5.41, 5.74) is 0.355. The van der Waals surface area contributed by atoms with Crippen LogP contribution in [0.1, 0.15) is 21.7 Å². The van der Waals surface area contributed by atoms with Crippen LogP contribution in [0.2, 0.25) is 0 Å². The van der Waals surface area contributed by atoms with Crippen LogP contribution in [-0.2, 0) is 19.1 Å². The van der Waals surface area contributed by atoms with Crippen molar-refractivity contribution in [1.29, 1.82) is 0 Å². The summed E-state index contributed by atoms with van der Waals surface area (Å²) in [5.74, 6) is -1.57. The quantitative estimate of drug-likeness (QED) is 0.788. The number of carbonyl (C=O) groups is 3. The van der Waals surface area contributed by atoms with Crippen molar-refractivity contribution < 1.29 is 23.9 Å². The number of aryl methyl sites for hydroxylation is 1. The highest BCUT2D eigenvalue weighted by molar-refractivity contribution is 7.16. The summed E-state index contributed by atoms with van der Waals surface area (Å²) >= 11 is 1.33. The summed E-state index contributed by atoms with van der Waals surface area (Å²) in [6.45, 7) is 2.08. The van der Waals surface area contributed by atoms with E-state index in [4.69, 9.17) is 4.74 Å². The van der Waals surface area contributed by atoms with Gasteiger partial charge in [-0.15, -0.1) is 11.3 Å². The van der Waals surface area contributed by atoms with Crippen LogP contribution in [0.15, 0.2) is 6.07 Å². The minimum Gasteiger partial charge on any atom is -0.469 e. The molecule has 0 aromatic carbocycles. The number of rotatable bonds is 3. The van der Waals surface area contributed by atoms with Gasteiger partial charge in [-0.1, -0.05) is 0 Å². The van der Waals surface area contributed by atoms with Crippen molar-refractivity contribution in [3.8, 4) is 0 Å². The van der Waals surface area contributed by atoms with Gasteiger partial charge in [-0.3, -0.25) is 9.59 Å². The molecule has 0 N–H and O–H groups in total. The summed E-state index contributed by atoms with van der Waals surface area (Å²) < 4.78 is 9.38. The van der Waals surface area contributed by atoms with Crippen LogP contribution in [0.4, 0.5) is 5.00 Å². The number of thiophene rings is 1. The standard InChI is InChI=1S/C13H15NO5S/c1-7-4-9(13(17)19-3)11(20-7)14-6-8(5-10(14)15)12(16)18-2/h4,8H,5-6H2,1-3H3. The molecule has 2 heterocycles. The van der Waals surface area contributed by atoms with E-state index in [1.165, 1.54) is 30.5 Å². The van der Waals surface area contributed by atoms with Crippen LogP contribution in [-0.4, -0.2) is 38.6 Å². The molecule has 1 saturated heterocycles. The zero-order valence-corrected chi connectivity index (χ0v) is 12.3. The molecular formula is C13H15NO5S. The van der Waals surface area contributed by atoms with E-state index < -0.39 is 17.9 Å². The van der Waals surface area contributed by atoms with Crippen molar-refractivity contribution in [2.75, 3.05) is 25.7 Å². The van der Waals surface area contributed by atoms with Crippen LogP contribution in [0, 0.1) is 12.8 Å². The van der Waals surface area contributed by atoms with Crippen molar-refractivity contribution in [2.45, 2.75) is 13.3 Å². The molecule has 1 unspecified atom stereocenters. The Balaban J connectivity index is 2.30. The highest BCUT2D eigenvalue weighted by atomic mass is 32.1. The third kappa shape index (κ3) is 2.53. The molecule has 6 nitrogen and oxygen atoms in total. The Kier molecular flexibility index (Phi) is 4.08. The second-order valence-corrected chi connectivity index (χ2v) is 5.73. The number of ether oxygens (including phenoxy) is 2. The van der Waals surface area contributed by atoms with E-state index in [1.807, 2.05) is 6.92 Å². The summed E-state index contributed by atoms with van der Waals surface area (Å²) in [5, 5.41) is 0.533. The Hall–Kier alpha value is -1.89. The van der Waals surface area contributed by atoms with Crippen molar-refractivity contribution in [3.63, 3.8) is 0 Å². The maximum atomic E-state index is 12.1. The molecule has 108 valence electrons. The summed E-state index contributed by atoms with van der Waals surface area (Å²) in [7, 11) is 2.59. The molecule has 2 rings (SSSR count). The molecule has 1 fully saturated rings. The maximum Gasteiger partial charge on any atom is 0.340 e. The number of anilines is 1. The molecule has 1 aromatic rings. The van der Waals surface area contributed by atoms with Crippen LogP contribution in [0.3, 0.4) is 0 Å². The number of nitrogens with zero attached hydrogens (tertiary/aromatic N) is 1. The molecule has 1 atom stereocenters. The Morgan fingerprint density at radius 2 is 2.05 bits per heavy atom. The van der Waals surface area contributed by atoms with E-state index >= 15 is 0 Å². The Morgan fingerprint density at radius 3 is 2.65 bits per heavy atom. The number of hydrogen-bond acceptors (Lipinski definition) is 6. The van der Waals surface area contributed by atoms with E-state index in [0.29, 0.717) is 10.6 Å². The number of amides is 1. The van der Waals surface area contributed by atoms with Gasteiger partial charge in [-0.25, -0.2) is 4.79 Å². The predicted molar refractivity (Wildman–Crippen MR) is 72.9 cm³/mol. The van der Waals surface area contributed by atoms with E-state index in [0.717, 1.165) is 4.88 Å². The Bertz CT molecular complexity index is 565. The first-order valence-electron chi connectivity index (χ1n) is 6.04. The first-order valence-corrected chi connectivity index (χ1v) is 6.86. The van der Waals surface area contributed by atoms with Crippen molar-refractivity contribution in [1.82, 2.24) is 0 Å². The fraction of sp³-hybridized carbons (Fsp3) is 0.462. The molecule has 1 aliphatic rings. The van der Waals surface area contributed by atoms with Gasteiger partial charge in [0.2, 0.25) is 5.91 Å². The third-order valence-corrected chi connectivity index (χ3v) is 4.22. The third-order valence-electron chi connectivity index (χ3n) is 3.15. The van der Waals surface area contributed by atoms with Gasteiger partial charge in [0.05, 0.1) is 25.7 Å². The fourth-order valence-corrected chi connectivity index (χ4v) is 3.21. The van der Waals surface area contributed by atoms with Gasteiger partial charge in [0.25, 0.3) is 0 Å². The molecule has 0 bridgehead atoms. The molecule has 0 saturated carbocycles. The van der Waals surface area contributed by atoms with Gasteiger partial charge in [-0.2, -0.15) is 0 Å². The highest BCUT2D eigenvalue weighted by Gasteiger charge is 2.38. The molecule has 1 aliphatic heterocycles. The molecule has 0 spiro atoms. The van der Waals surface area contributed by atoms with Crippen molar-refractivity contribution >= 4 is 34.2 Å². The number of carbonyl (C=O) groups excluding carboxylic acids is 3. The normalized spacial score (nSPS) is 18.2. The highest BCUT2D eigenvalue weighted by Crippen LogP contribution is 2.36. The minimum atomic E-state index is -0.487. The summed E-state index contributed by atoms with van der Waals surface area (Å²) in [6, 6.07) is 1.69. The zero-order valence-electron chi connectivity index (χ0n) is 11.5. The van der Waals surface area contributed by atoms with Crippen LogP contribution in [0.5, 0.6) is 0 Å². The minimum absolute atomic E-state index is 0.101. The van der Waals surface area contributed by atoms with Crippen LogP contribution in [0.25, 0.3) is 0 Å². The lowest BCUT2D eigenvalue weighted by Crippen LogP contribution is -2.26. The van der Waals surface area contributed by atoms with Crippen LogP contribution < -0.4 is 4.90 Å². The summed E-state index contributed by atoms with van der Waals surface area (Å²) in [6.07, 6.45) is 0.101. The second kappa shape index (κ2) is 5.62. The molecule has 20 heavy (non-hydrogen) atoms. The van der Waals surface area contributed by atoms with Gasteiger partial charge in [0.1, 0.15) is 5.00 Å². The molecular weight excluding hydrogens is 282 g/mol. The lowest BCUT2D eigenvalue weighted by molar-refractivity contribution is -0.145. The first kappa shape index (κ1) is 14.5. The SMILES string of the molecule is COC(=O)c1cc(C)sc1N1CC(C(=O)OC)CC1=O. The largest absolute Gasteiger partial charge is 0.469 e. The number of methoxy groups -OCH3 is 2. The zero-order chi connectivity index (χ0) is 14.9. The molecule has 1 aromatic heterocycles. The van der Waals surface area contributed by atoms with E-state index in [-0.39, 0.29) is 18.9 Å². The van der Waals surface area contributed by atoms with Crippen molar-refractivity contribution in [3.05, 3.63) is 16.5 Å². The fourth-order valence-electron chi connectivity index (χ4n) is 2.19. The monoisotopic (exact) mass is 297 g/mol. The van der Waals surface area contributed by atoms with E-state index in [1.54, 1.807) is 6.07 Å². The summed E-state index contributed by atoms with van der Waals surface area (Å²) in [4.78, 5) is 37.7. The van der Waals surface area contributed by atoms with Crippen molar-refractivity contribution in [2.24, 2.45) is 5.92 Å². The van der Waals surface area contributed by atoms with E-state index in [9.17, 15) is 14.4 Å². The van der Waals surface area contributed by atoms with Gasteiger partial charge in [0.15, 0.2) is 0 Å². The Labute approximate surface area is 120 Å². The van der Waals surface area contributed by atoms with Gasteiger partial charge >= 0.3 is 11.9 Å². The van der Waals surface area contributed by atoms with Gasteiger partial charge in [-0.05, 0) is 13.0 Å². The lowest BCUT2D eigenvalue weighted by Gasteiger charge is -2.15. The smallest absolute Gasteiger partial charge is 0.340 e. The number of hydrogen-bond donors (Lipinski definition) is 0. The lowest BCUT2D eigenvalue weighted by atomic mass is 10.1. The topological polar surface area (TPSA) is 72.9 Å². The molecule has 0 aliphatic carbocycles. The molecule has 0 radical (unpaired) electrons. The van der Waals surface area contributed by atoms with Crippen LogP contribution >= 0.6 is 11.3 Å². The second-order valence-electron chi connectivity index (χ2n) is 4.50. The predicted octanol–water partition coefficient (Wildman–Crippen LogP) is 1.37. The molecule has 7 heteroatoms. The average Bonchev–Trinajstić information content (AvgIpc) is 3.00. The Morgan fingerprint density at radius 1 is 1.35 bits per heavy atom. The van der Waals surface area contributed by atoms with Gasteiger partial charge in [0, 0.05) is 17.8 Å². The van der Waals surface area contributed by atoms with E-state index in [2.05, 4.69) is 4.74 Å². The number of esters is 2. The molecule has 1 amide bonds. The average molecular weight is 297 g/mol. The maximum absolute atomic E-state index is 12.1.